The summed E-state index contributed by atoms with van der Waals surface area (Å²) < 4.78 is 5.14. The van der Waals surface area contributed by atoms with Crippen molar-refractivity contribution < 1.29 is 14.3 Å². The Labute approximate surface area is 93.9 Å². The third kappa shape index (κ3) is 3.63. The molecule has 0 aliphatic rings. The van der Waals surface area contributed by atoms with Crippen molar-refractivity contribution in [1.29, 1.82) is 0 Å². The number of hydrogen-bond acceptors (Lipinski definition) is 3. The first kappa shape index (κ1) is 12.2. The van der Waals surface area contributed by atoms with E-state index < -0.39 is 5.97 Å². The average molecular weight is 228 g/mol. The van der Waals surface area contributed by atoms with E-state index in [1.165, 1.54) is 12.3 Å². The highest BCUT2D eigenvalue weighted by atomic mass is 32.2. The Morgan fingerprint density at radius 1 is 1.67 bits per heavy atom. The number of hydrogen-bond donors (Lipinski definition) is 1. The second kappa shape index (κ2) is 5.85. The number of carboxylic acids is 1. The smallest absolute Gasteiger partial charge is 0.339 e. The summed E-state index contributed by atoms with van der Waals surface area (Å²) in [6, 6.07) is 1.50. The van der Waals surface area contributed by atoms with Gasteiger partial charge in [0.05, 0.1) is 12.0 Å². The number of rotatable bonds is 6. The van der Waals surface area contributed by atoms with E-state index in [1.807, 2.05) is 0 Å². The molecule has 1 rings (SSSR count). The highest BCUT2D eigenvalue weighted by Gasteiger charge is 2.13. The highest BCUT2D eigenvalue weighted by Crippen LogP contribution is 2.20. The minimum Gasteiger partial charge on any atom is -0.478 e. The van der Waals surface area contributed by atoms with Gasteiger partial charge in [0.2, 0.25) is 0 Å². The van der Waals surface area contributed by atoms with Gasteiger partial charge in [-0.05, 0) is 17.7 Å². The summed E-state index contributed by atoms with van der Waals surface area (Å²) in [6.45, 7) is 4.34. The Balaban J connectivity index is 2.44. The van der Waals surface area contributed by atoms with Crippen LogP contribution in [0.3, 0.4) is 0 Å². The zero-order chi connectivity index (χ0) is 11.3. The molecule has 3 nitrogen and oxygen atoms in total. The van der Waals surface area contributed by atoms with Crippen molar-refractivity contribution in [3.63, 3.8) is 0 Å². The first-order valence-corrected chi connectivity index (χ1v) is 6.18. The van der Waals surface area contributed by atoms with Crippen molar-refractivity contribution in [3.8, 4) is 0 Å². The van der Waals surface area contributed by atoms with Gasteiger partial charge in [0.25, 0.3) is 0 Å². The van der Waals surface area contributed by atoms with Gasteiger partial charge in [-0.3, -0.25) is 0 Å². The predicted molar refractivity (Wildman–Crippen MR) is 61.3 cm³/mol. The van der Waals surface area contributed by atoms with E-state index in [1.54, 1.807) is 11.8 Å². The molecule has 1 heterocycles. The zero-order valence-electron chi connectivity index (χ0n) is 9.03. The lowest BCUT2D eigenvalue weighted by Crippen LogP contribution is -1.99. The van der Waals surface area contributed by atoms with E-state index in [2.05, 4.69) is 13.8 Å². The van der Waals surface area contributed by atoms with Gasteiger partial charge in [-0.1, -0.05) is 20.3 Å². The monoisotopic (exact) mass is 228 g/mol. The molecule has 0 aliphatic carbocycles. The summed E-state index contributed by atoms with van der Waals surface area (Å²) in [7, 11) is 0. The molecule has 0 bridgehead atoms. The summed E-state index contributed by atoms with van der Waals surface area (Å²) in [6.07, 6.45) is 2.58. The van der Waals surface area contributed by atoms with E-state index in [9.17, 15) is 4.79 Å². The third-order valence-corrected chi connectivity index (χ3v) is 3.58. The maximum absolute atomic E-state index is 10.8. The number of thioether (sulfide) groups is 1. The SMILES string of the molecule is CCC(C)CSCc1occc1C(=O)O. The van der Waals surface area contributed by atoms with Crippen LogP contribution in [-0.2, 0) is 5.75 Å². The average Bonchev–Trinajstić information content (AvgIpc) is 2.65. The summed E-state index contributed by atoms with van der Waals surface area (Å²) in [5, 5.41) is 8.84. The van der Waals surface area contributed by atoms with Gasteiger partial charge in [0.15, 0.2) is 0 Å². The van der Waals surface area contributed by atoms with Gasteiger partial charge in [-0.2, -0.15) is 11.8 Å². The molecule has 1 aromatic heterocycles. The Bertz CT molecular complexity index is 319. The topological polar surface area (TPSA) is 50.4 Å². The lowest BCUT2D eigenvalue weighted by atomic mass is 10.2. The highest BCUT2D eigenvalue weighted by molar-refractivity contribution is 7.98. The van der Waals surface area contributed by atoms with Crippen LogP contribution >= 0.6 is 11.8 Å². The molecule has 1 unspecified atom stereocenters. The minimum atomic E-state index is -0.914. The van der Waals surface area contributed by atoms with Crippen molar-refractivity contribution in [3.05, 3.63) is 23.7 Å². The van der Waals surface area contributed by atoms with Crippen LogP contribution in [0, 0.1) is 5.92 Å². The normalized spacial score (nSPS) is 12.7. The first-order chi connectivity index (χ1) is 7.15. The fraction of sp³-hybridized carbons (Fsp3) is 0.545. The summed E-state index contributed by atoms with van der Waals surface area (Å²) >= 11 is 1.72. The van der Waals surface area contributed by atoms with Crippen LogP contribution in [0.15, 0.2) is 16.7 Å². The standard InChI is InChI=1S/C11H16O3S/c1-3-8(2)6-15-7-10-9(11(12)13)4-5-14-10/h4-5,8H,3,6-7H2,1-2H3,(H,12,13). The number of carboxylic acid groups (broad SMARTS) is 1. The van der Waals surface area contributed by atoms with E-state index in [0.29, 0.717) is 17.4 Å². The summed E-state index contributed by atoms with van der Waals surface area (Å²) in [4.78, 5) is 10.8. The quantitative estimate of drug-likeness (QED) is 0.812. The summed E-state index contributed by atoms with van der Waals surface area (Å²) in [5.74, 6) is 1.99. The second-order valence-electron chi connectivity index (χ2n) is 3.59. The van der Waals surface area contributed by atoms with Crippen molar-refractivity contribution in [2.24, 2.45) is 5.92 Å². The summed E-state index contributed by atoms with van der Waals surface area (Å²) in [5.41, 5.74) is 0.284. The molecule has 84 valence electrons. The Morgan fingerprint density at radius 3 is 3.00 bits per heavy atom. The lowest BCUT2D eigenvalue weighted by Gasteiger charge is -2.06. The van der Waals surface area contributed by atoms with Gasteiger partial charge >= 0.3 is 5.97 Å². The van der Waals surface area contributed by atoms with Gasteiger partial charge < -0.3 is 9.52 Å². The number of furan rings is 1. The molecule has 15 heavy (non-hydrogen) atoms. The molecule has 1 atom stereocenters. The van der Waals surface area contributed by atoms with E-state index in [4.69, 9.17) is 9.52 Å². The van der Waals surface area contributed by atoms with Crippen LogP contribution in [0.25, 0.3) is 0 Å². The molecule has 0 aromatic carbocycles. The third-order valence-electron chi connectivity index (χ3n) is 2.31. The van der Waals surface area contributed by atoms with Crippen molar-refractivity contribution in [2.75, 3.05) is 5.75 Å². The molecule has 1 N–H and O–H groups in total. The van der Waals surface area contributed by atoms with Crippen molar-refractivity contribution >= 4 is 17.7 Å². The minimum absolute atomic E-state index is 0.284. The Hall–Kier alpha value is -0.900. The molecule has 0 aliphatic heterocycles. The molecular weight excluding hydrogens is 212 g/mol. The molecule has 4 heteroatoms. The van der Waals surface area contributed by atoms with Crippen LogP contribution in [0.1, 0.15) is 36.4 Å². The van der Waals surface area contributed by atoms with Crippen LogP contribution in [0.4, 0.5) is 0 Å². The fourth-order valence-electron chi connectivity index (χ4n) is 1.11. The van der Waals surface area contributed by atoms with Gasteiger partial charge in [-0.15, -0.1) is 0 Å². The Kier molecular flexibility index (Phi) is 4.75. The molecule has 0 saturated heterocycles. The molecule has 0 amide bonds. The van der Waals surface area contributed by atoms with E-state index in [0.717, 1.165) is 12.2 Å². The van der Waals surface area contributed by atoms with Crippen molar-refractivity contribution in [2.45, 2.75) is 26.0 Å². The molecule has 0 saturated carbocycles. The molecule has 1 aromatic rings. The molecule has 0 spiro atoms. The lowest BCUT2D eigenvalue weighted by molar-refractivity contribution is 0.0695. The van der Waals surface area contributed by atoms with E-state index >= 15 is 0 Å². The Morgan fingerprint density at radius 2 is 2.40 bits per heavy atom. The predicted octanol–water partition coefficient (Wildman–Crippen LogP) is 3.26. The van der Waals surface area contributed by atoms with Crippen LogP contribution in [-0.4, -0.2) is 16.8 Å². The van der Waals surface area contributed by atoms with Gasteiger partial charge in [-0.25, -0.2) is 4.79 Å². The maximum Gasteiger partial charge on any atom is 0.339 e. The van der Waals surface area contributed by atoms with Crippen LogP contribution < -0.4 is 0 Å². The largest absolute Gasteiger partial charge is 0.478 e. The molecule has 0 fully saturated rings. The van der Waals surface area contributed by atoms with Crippen molar-refractivity contribution in [1.82, 2.24) is 0 Å². The van der Waals surface area contributed by atoms with Crippen LogP contribution in [0.5, 0.6) is 0 Å². The molecule has 0 radical (unpaired) electrons. The van der Waals surface area contributed by atoms with E-state index in [-0.39, 0.29) is 5.56 Å². The van der Waals surface area contributed by atoms with Gasteiger partial charge in [0.1, 0.15) is 11.3 Å². The number of carbonyl (C=O) groups is 1. The fourth-order valence-corrected chi connectivity index (χ4v) is 2.28. The van der Waals surface area contributed by atoms with Crippen LogP contribution in [0.2, 0.25) is 0 Å². The maximum atomic E-state index is 10.8. The zero-order valence-corrected chi connectivity index (χ0v) is 9.84. The first-order valence-electron chi connectivity index (χ1n) is 5.02. The number of aromatic carboxylic acids is 1. The molecular formula is C11H16O3S. The second-order valence-corrected chi connectivity index (χ2v) is 4.62. The van der Waals surface area contributed by atoms with Gasteiger partial charge in [0, 0.05) is 0 Å².